The molecule has 0 atom stereocenters. The van der Waals surface area contributed by atoms with Crippen LogP contribution in [0.4, 0.5) is 5.69 Å². The SMILES string of the molecule is N#Cc1cccc(NC(=O)COc2ccccc2)c1. The van der Waals surface area contributed by atoms with Gasteiger partial charge in [0.25, 0.3) is 5.91 Å². The van der Waals surface area contributed by atoms with Crippen LogP contribution in [0.25, 0.3) is 0 Å². The van der Waals surface area contributed by atoms with Crippen molar-refractivity contribution in [3.63, 3.8) is 0 Å². The molecule has 0 fully saturated rings. The van der Waals surface area contributed by atoms with Crippen molar-refractivity contribution in [1.29, 1.82) is 5.26 Å². The summed E-state index contributed by atoms with van der Waals surface area (Å²) in [4.78, 5) is 11.7. The van der Waals surface area contributed by atoms with Crippen molar-refractivity contribution in [2.75, 3.05) is 11.9 Å². The molecule has 2 rings (SSSR count). The fourth-order valence-corrected chi connectivity index (χ4v) is 1.53. The minimum Gasteiger partial charge on any atom is -0.484 e. The molecule has 0 saturated heterocycles. The number of anilines is 1. The van der Waals surface area contributed by atoms with Crippen molar-refractivity contribution < 1.29 is 9.53 Å². The molecular weight excluding hydrogens is 240 g/mol. The smallest absolute Gasteiger partial charge is 0.262 e. The van der Waals surface area contributed by atoms with Gasteiger partial charge in [0.2, 0.25) is 0 Å². The van der Waals surface area contributed by atoms with Gasteiger partial charge >= 0.3 is 0 Å². The van der Waals surface area contributed by atoms with E-state index in [-0.39, 0.29) is 12.5 Å². The molecule has 0 saturated carbocycles. The van der Waals surface area contributed by atoms with E-state index in [9.17, 15) is 4.79 Å². The van der Waals surface area contributed by atoms with E-state index in [1.54, 1.807) is 36.4 Å². The van der Waals surface area contributed by atoms with E-state index >= 15 is 0 Å². The average molecular weight is 252 g/mol. The van der Waals surface area contributed by atoms with Crippen LogP contribution >= 0.6 is 0 Å². The van der Waals surface area contributed by atoms with Crippen LogP contribution in [0.15, 0.2) is 54.6 Å². The lowest BCUT2D eigenvalue weighted by molar-refractivity contribution is -0.118. The number of benzene rings is 2. The fraction of sp³-hybridized carbons (Fsp3) is 0.0667. The van der Waals surface area contributed by atoms with Gasteiger partial charge in [-0.15, -0.1) is 0 Å². The Bertz CT molecular complexity index is 603. The monoisotopic (exact) mass is 252 g/mol. The summed E-state index contributed by atoms with van der Waals surface area (Å²) in [6.07, 6.45) is 0. The maximum atomic E-state index is 11.7. The molecule has 0 aliphatic carbocycles. The number of nitrogens with one attached hydrogen (secondary N) is 1. The Morgan fingerprint density at radius 3 is 2.68 bits per heavy atom. The summed E-state index contributed by atoms with van der Waals surface area (Å²) in [6, 6.07) is 17.9. The summed E-state index contributed by atoms with van der Waals surface area (Å²) in [7, 11) is 0. The number of nitriles is 1. The second kappa shape index (κ2) is 6.22. The van der Waals surface area contributed by atoms with Gasteiger partial charge in [-0.25, -0.2) is 0 Å². The predicted molar refractivity (Wildman–Crippen MR) is 71.7 cm³/mol. The van der Waals surface area contributed by atoms with Crippen LogP contribution in [0.1, 0.15) is 5.56 Å². The maximum Gasteiger partial charge on any atom is 0.262 e. The van der Waals surface area contributed by atoms with Crippen LogP contribution in [-0.4, -0.2) is 12.5 Å². The Morgan fingerprint density at radius 2 is 1.95 bits per heavy atom. The lowest BCUT2D eigenvalue weighted by Gasteiger charge is -2.07. The summed E-state index contributed by atoms with van der Waals surface area (Å²) in [6.45, 7) is -0.0687. The number of carbonyl (C=O) groups is 1. The summed E-state index contributed by atoms with van der Waals surface area (Å²) >= 11 is 0. The third-order valence-electron chi connectivity index (χ3n) is 2.39. The first-order chi connectivity index (χ1) is 9.28. The Labute approximate surface area is 111 Å². The quantitative estimate of drug-likeness (QED) is 0.909. The minimum atomic E-state index is -0.265. The molecule has 2 aromatic carbocycles. The largest absolute Gasteiger partial charge is 0.484 e. The third-order valence-corrected chi connectivity index (χ3v) is 2.39. The molecule has 94 valence electrons. The highest BCUT2D eigenvalue weighted by atomic mass is 16.5. The van der Waals surface area contributed by atoms with E-state index < -0.39 is 0 Å². The molecule has 0 spiro atoms. The van der Waals surface area contributed by atoms with Crippen LogP contribution in [0.2, 0.25) is 0 Å². The van der Waals surface area contributed by atoms with Crippen LogP contribution in [-0.2, 0) is 4.79 Å². The zero-order chi connectivity index (χ0) is 13.5. The molecule has 0 heterocycles. The zero-order valence-electron chi connectivity index (χ0n) is 10.2. The number of para-hydroxylation sites is 1. The highest BCUT2D eigenvalue weighted by molar-refractivity contribution is 5.92. The average Bonchev–Trinajstić information content (AvgIpc) is 2.46. The number of amides is 1. The van der Waals surface area contributed by atoms with E-state index in [1.165, 1.54) is 0 Å². The Hall–Kier alpha value is -2.80. The van der Waals surface area contributed by atoms with Gasteiger partial charge in [-0.05, 0) is 30.3 Å². The Balaban J connectivity index is 1.89. The van der Waals surface area contributed by atoms with E-state index in [1.807, 2.05) is 24.3 Å². The Kier molecular flexibility index (Phi) is 4.14. The van der Waals surface area contributed by atoms with Gasteiger partial charge in [0.1, 0.15) is 5.75 Å². The van der Waals surface area contributed by atoms with Crippen molar-refractivity contribution in [3.8, 4) is 11.8 Å². The Morgan fingerprint density at radius 1 is 1.16 bits per heavy atom. The maximum absolute atomic E-state index is 11.7. The van der Waals surface area contributed by atoms with Crippen molar-refractivity contribution in [3.05, 3.63) is 60.2 Å². The van der Waals surface area contributed by atoms with E-state index in [2.05, 4.69) is 5.32 Å². The van der Waals surface area contributed by atoms with Crippen molar-refractivity contribution in [2.24, 2.45) is 0 Å². The van der Waals surface area contributed by atoms with E-state index in [4.69, 9.17) is 10.00 Å². The number of ether oxygens (including phenoxy) is 1. The topological polar surface area (TPSA) is 62.1 Å². The molecule has 0 aliphatic rings. The minimum absolute atomic E-state index is 0.0687. The van der Waals surface area contributed by atoms with Gasteiger partial charge in [-0.3, -0.25) is 4.79 Å². The molecule has 2 aromatic rings. The second-order valence-electron chi connectivity index (χ2n) is 3.84. The third kappa shape index (κ3) is 3.86. The molecule has 0 radical (unpaired) electrons. The first-order valence-corrected chi connectivity index (χ1v) is 5.76. The van der Waals surface area contributed by atoms with E-state index in [0.29, 0.717) is 17.0 Å². The number of rotatable bonds is 4. The summed E-state index contributed by atoms with van der Waals surface area (Å²) in [5.74, 6) is 0.377. The summed E-state index contributed by atoms with van der Waals surface area (Å²) in [5.41, 5.74) is 1.09. The molecular formula is C15H12N2O2. The highest BCUT2D eigenvalue weighted by Crippen LogP contribution is 2.11. The van der Waals surface area contributed by atoms with Crippen LogP contribution in [0.3, 0.4) is 0 Å². The van der Waals surface area contributed by atoms with Gasteiger partial charge in [-0.2, -0.15) is 5.26 Å². The van der Waals surface area contributed by atoms with Crippen molar-refractivity contribution >= 4 is 11.6 Å². The van der Waals surface area contributed by atoms with E-state index in [0.717, 1.165) is 0 Å². The fourth-order valence-electron chi connectivity index (χ4n) is 1.53. The van der Waals surface area contributed by atoms with Gasteiger partial charge in [-0.1, -0.05) is 24.3 Å². The summed E-state index contributed by atoms with van der Waals surface area (Å²) < 4.78 is 5.32. The van der Waals surface area contributed by atoms with Gasteiger partial charge in [0, 0.05) is 5.69 Å². The highest BCUT2D eigenvalue weighted by Gasteiger charge is 2.04. The van der Waals surface area contributed by atoms with Gasteiger partial charge in [0.05, 0.1) is 11.6 Å². The lowest BCUT2D eigenvalue weighted by atomic mass is 10.2. The summed E-state index contributed by atoms with van der Waals surface area (Å²) in [5, 5.41) is 11.4. The molecule has 1 amide bonds. The zero-order valence-corrected chi connectivity index (χ0v) is 10.2. The standard InChI is InChI=1S/C15H12N2O2/c16-10-12-5-4-6-13(9-12)17-15(18)11-19-14-7-2-1-3-8-14/h1-9H,11H2,(H,17,18). The molecule has 0 unspecified atom stereocenters. The molecule has 0 aliphatic heterocycles. The van der Waals surface area contributed by atoms with Crippen molar-refractivity contribution in [1.82, 2.24) is 0 Å². The number of carbonyl (C=O) groups excluding carboxylic acids is 1. The molecule has 19 heavy (non-hydrogen) atoms. The number of nitrogens with zero attached hydrogens (tertiary/aromatic N) is 1. The van der Waals surface area contributed by atoms with Crippen LogP contribution in [0, 0.1) is 11.3 Å². The molecule has 1 N–H and O–H groups in total. The molecule has 0 bridgehead atoms. The molecule has 0 aromatic heterocycles. The van der Waals surface area contributed by atoms with Gasteiger partial charge in [0.15, 0.2) is 6.61 Å². The van der Waals surface area contributed by atoms with Gasteiger partial charge < -0.3 is 10.1 Å². The number of hydrogen-bond acceptors (Lipinski definition) is 3. The first-order valence-electron chi connectivity index (χ1n) is 5.76. The van der Waals surface area contributed by atoms with Crippen LogP contribution in [0.5, 0.6) is 5.75 Å². The van der Waals surface area contributed by atoms with Crippen molar-refractivity contribution in [2.45, 2.75) is 0 Å². The first kappa shape index (κ1) is 12.7. The molecule has 4 heteroatoms. The lowest BCUT2D eigenvalue weighted by Crippen LogP contribution is -2.20. The second-order valence-corrected chi connectivity index (χ2v) is 3.84. The van der Waals surface area contributed by atoms with Crippen LogP contribution < -0.4 is 10.1 Å². The normalized spacial score (nSPS) is 9.42. The predicted octanol–water partition coefficient (Wildman–Crippen LogP) is 2.58. The molecule has 4 nitrogen and oxygen atoms in total. The number of hydrogen-bond donors (Lipinski definition) is 1.